The summed E-state index contributed by atoms with van der Waals surface area (Å²) in [5, 5.41) is 3.84. The highest BCUT2D eigenvalue weighted by molar-refractivity contribution is 6.08. The molecule has 3 rings (SSSR count). The number of aromatic nitrogens is 1. The number of hydrogen-bond acceptors (Lipinski definition) is 4. The third-order valence-corrected chi connectivity index (χ3v) is 3.19. The number of amides is 1. The van der Waals surface area contributed by atoms with Crippen LogP contribution < -0.4 is 16.6 Å². The van der Waals surface area contributed by atoms with E-state index in [0.717, 1.165) is 10.9 Å². The first-order valence-electron chi connectivity index (χ1n) is 6.50. The highest BCUT2D eigenvalue weighted by Crippen LogP contribution is 2.19. The number of benzene rings is 2. The lowest BCUT2D eigenvalue weighted by Gasteiger charge is -2.10. The lowest BCUT2D eigenvalue weighted by atomic mass is 10.1. The number of anilines is 2. The number of fused-ring (bicyclic) bond motifs is 1. The van der Waals surface area contributed by atoms with Crippen molar-refractivity contribution >= 4 is 28.2 Å². The van der Waals surface area contributed by atoms with Crippen molar-refractivity contribution in [2.45, 2.75) is 0 Å². The minimum atomic E-state index is -0.216. The number of nitrogen functional groups attached to an aromatic ring is 1. The topological polar surface area (TPSA) is 80.0 Å². The Morgan fingerprint density at radius 1 is 1.05 bits per heavy atom. The van der Waals surface area contributed by atoms with E-state index in [2.05, 4.69) is 15.7 Å². The number of nitrogens with two attached hydrogens (primary N) is 1. The first kappa shape index (κ1) is 13.1. The fraction of sp³-hybridized carbons (Fsp3) is 0. The molecule has 21 heavy (non-hydrogen) atoms. The summed E-state index contributed by atoms with van der Waals surface area (Å²) in [5.74, 6) is 5.20. The van der Waals surface area contributed by atoms with Crippen LogP contribution in [0.25, 0.3) is 10.9 Å². The zero-order chi connectivity index (χ0) is 14.7. The summed E-state index contributed by atoms with van der Waals surface area (Å²) in [6, 6.07) is 16.5. The second-order valence-electron chi connectivity index (χ2n) is 4.55. The van der Waals surface area contributed by atoms with Gasteiger partial charge in [-0.15, -0.1) is 0 Å². The molecule has 0 radical (unpaired) electrons. The van der Waals surface area contributed by atoms with Crippen molar-refractivity contribution in [1.82, 2.24) is 4.98 Å². The monoisotopic (exact) mass is 278 g/mol. The summed E-state index contributed by atoms with van der Waals surface area (Å²) in [6.07, 6.45) is 1.74. The number of nitrogens with one attached hydrogen (secondary N) is 2. The molecule has 0 aliphatic carbocycles. The molecule has 0 saturated heterocycles. The van der Waals surface area contributed by atoms with Crippen molar-refractivity contribution in [3.63, 3.8) is 0 Å². The van der Waals surface area contributed by atoms with Crippen LogP contribution in [0.2, 0.25) is 0 Å². The molecule has 0 fully saturated rings. The highest BCUT2D eigenvalue weighted by Gasteiger charge is 2.10. The summed E-state index contributed by atoms with van der Waals surface area (Å²) in [4.78, 5) is 16.6. The molecule has 0 spiro atoms. The zero-order valence-corrected chi connectivity index (χ0v) is 11.2. The van der Waals surface area contributed by atoms with Gasteiger partial charge in [0.2, 0.25) is 0 Å². The Bertz CT molecular complexity index is 801. The highest BCUT2D eigenvalue weighted by atomic mass is 16.1. The standard InChI is InChI=1S/C16H14N4O/c17-20-15-6-2-1-5-13(15)16(21)19-12-7-8-14-11(10-12)4-3-9-18-14/h1-10,20H,17H2,(H,19,21). The minimum Gasteiger partial charge on any atom is -0.323 e. The predicted octanol–water partition coefficient (Wildman–Crippen LogP) is 2.77. The van der Waals surface area contributed by atoms with Crippen molar-refractivity contribution in [2.24, 2.45) is 5.84 Å². The first-order valence-corrected chi connectivity index (χ1v) is 6.50. The summed E-state index contributed by atoms with van der Waals surface area (Å²) in [7, 11) is 0. The van der Waals surface area contributed by atoms with Gasteiger partial charge >= 0.3 is 0 Å². The number of carbonyl (C=O) groups is 1. The molecule has 4 N–H and O–H groups in total. The van der Waals surface area contributed by atoms with E-state index in [1.54, 1.807) is 24.4 Å². The van der Waals surface area contributed by atoms with Crippen LogP contribution in [0.3, 0.4) is 0 Å². The third kappa shape index (κ3) is 2.68. The van der Waals surface area contributed by atoms with Crippen LogP contribution in [0.5, 0.6) is 0 Å². The van der Waals surface area contributed by atoms with E-state index in [1.165, 1.54) is 0 Å². The van der Waals surface area contributed by atoms with Gasteiger partial charge in [0.15, 0.2) is 0 Å². The van der Waals surface area contributed by atoms with Gasteiger partial charge < -0.3 is 10.7 Å². The molecule has 0 aliphatic heterocycles. The smallest absolute Gasteiger partial charge is 0.257 e. The quantitative estimate of drug-likeness (QED) is 0.508. The number of rotatable bonds is 3. The van der Waals surface area contributed by atoms with Crippen molar-refractivity contribution in [2.75, 3.05) is 10.7 Å². The number of carbonyl (C=O) groups excluding carboxylic acids is 1. The first-order chi connectivity index (χ1) is 10.3. The number of pyridine rings is 1. The van der Waals surface area contributed by atoms with Crippen molar-refractivity contribution in [3.8, 4) is 0 Å². The van der Waals surface area contributed by atoms with E-state index >= 15 is 0 Å². The minimum absolute atomic E-state index is 0.216. The molecule has 0 saturated carbocycles. The van der Waals surface area contributed by atoms with Crippen molar-refractivity contribution < 1.29 is 4.79 Å². The van der Waals surface area contributed by atoms with E-state index in [0.29, 0.717) is 16.9 Å². The number of hydrazine groups is 1. The molecule has 0 atom stereocenters. The van der Waals surface area contributed by atoms with E-state index in [9.17, 15) is 4.79 Å². The maximum atomic E-state index is 12.3. The largest absolute Gasteiger partial charge is 0.323 e. The average Bonchev–Trinajstić information content (AvgIpc) is 2.54. The normalized spacial score (nSPS) is 10.3. The predicted molar refractivity (Wildman–Crippen MR) is 83.9 cm³/mol. The number of hydrogen-bond donors (Lipinski definition) is 3. The molecule has 3 aromatic rings. The molecule has 2 aromatic carbocycles. The fourth-order valence-electron chi connectivity index (χ4n) is 2.16. The Morgan fingerprint density at radius 3 is 2.76 bits per heavy atom. The van der Waals surface area contributed by atoms with Crippen LogP contribution in [0.4, 0.5) is 11.4 Å². The summed E-state index contributed by atoms with van der Waals surface area (Å²) < 4.78 is 0. The van der Waals surface area contributed by atoms with Crippen LogP contribution in [0.1, 0.15) is 10.4 Å². The molecule has 104 valence electrons. The third-order valence-electron chi connectivity index (χ3n) is 3.19. The maximum Gasteiger partial charge on any atom is 0.257 e. The van der Waals surface area contributed by atoms with Crippen LogP contribution in [-0.4, -0.2) is 10.9 Å². The Morgan fingerprint density at radius 2 is 1.90 bits per heavy atom. The molecular formula is C16H14N4O. The Kier molecular flexibility index (Phi) is 3.49. The van der Waals surface area contributed by atoms with Crippen LogP contribution >= 0.6 is 0 Å². The molecule has 5 nitrogen and oxygen atoms in total. The van der Waals surface area contributed by atoms with Crippen LogP contribution in [-0.2, 0) is 0 Å². The van der Waals surface area contributed by atoms with Gasteiger partial charge in [-0.25, -0.2) is 0 Å². The molecule has 0 aliphatic rings. The van der Waals surface area contributed by atoms with E-state index in [-0.39, 0.29) is 5.91 Å². The van der Waals surface area contributed by atoms with Gasteiger partial charge in [0.1, 0.15) is 0 Å². The number of nitrogens with zero attached hydrogens (tertiary/aromatic N) is 1. The van der Waals surface area contributed by atoms with Crippen LogP contribution in [0.15, 0.2) is 60.8 Å². The van der Waals surface area contributed by atoms with Crippen molar-refractivity contribution in [3.05, 3.63) is 66.4 Å². The van der Waals surface area contributed by atoms with Gasteiger partial charge in [-0.05, 0) is 36.4 Å². The summed E-state index contributed by atoms with van der Waals surface area (Å²) >= 11 is 0. The maximum absolute atomic E-state index is 12.3. The van der Waals surface area contributed by atoms with E-state index < -0.39 is 0 Å². The lowest BCUT2D eigenvalue weighted by Crippen LogP contribution is -2.17. The SMILES string of the molecule is NNc1ccccc1C(=O)Nc1ccc2ncccc2c1. The Hall–Kier alpha value is -2.92. The zero-order valence-electron chi connectivity index (χ0n) is 11.2. The fourth-order valence-corrected chi connectivity index (χ4v) is 2.16. The summed E-state index contributed by atoms with van der Waals surface area (Å²) in [6.45, 7) is 0. The summed E-state index contributed by atoms with van der Waals surface area (Å²) in [5.41, 5.74) is 5.20. The second kappa shape index (κ2) is 5.60. The average molecular weight is 278 g/mol. The number of para-hydroxylation sites is 1. The van der Waals surface area contributed by atoms with E-state index in [4.69, 9.17) is 5.84 Å². The molecular weight excluding hydrogens is 264 g/mol. The second-order valence-corrected chi connectivity index (χ2v) is 4.55. The van der Waals surface area contributed by atoms with Gasteiger partial charge in [-0.1, -0.05) is 18.2 Å². The Balaban J connectivity index is 1.89. The van der Waals surface area contributed by atoms with E-state index in [1.807, 2.05) is 36.4 Å². The lowest BCUT2D eigenvalue weighted by molar-refractivity contribution is 0.102. The van der Waals surface area contributed by atoms with Crippen molar-refractivity contribution in [1.29, 1.82) is 0 Å². The van der Waals surface area contributed by atoms with Gasteiger partial charge in [-0.3, -0.25) is 15.6 Å². The molecule has 5 heteroatoms. The molecule has 1 amide bonds. The van der Waals surface area contributed by atoms with Gasteiger partial charge in [0.05, 0.1) is 16.8 Å². The van der Waals surface area contributed by atoms with Gasteiger partial charge in [0, 0.05) is 17.3 Å². The molecule has 0 unspecified atom stereocenters. The van der Waals surface area contributed by atoms with Crippen LogP contribution in [0, 0.1) is 0 Å². The van der Waals surface area contributed by atoms with Gasteiger partial charge in [-0.2, -0.15) is 0 Å². The molecule has 1 heterocycles. The molecule has 0 bridgehead atoms. The van der Waals surface area contributed by atoms with Gasteiger partial charge in [0.25, 0.3) is 5.91 Å². The molecule has 1 aromatic heterocycles. The Labute approximate surface area is 121 Å².